The monoisotopic (exact) mass is 195 g/mol. The maximum Gasteiger partial charge on any atom is 0.323 e. The Balaban J connectivity index is 2.43. The normalized spacial score (nSPS) is 19.5. The van der Waals surface area contributed by atoms with E-state index in [1.165, 1.54) is 7.11 Å². The third-order valence-electron chi connectivity index (χ3n) is 2.44. The second kappa shape index (κ2) is 5.02. The maximum absolute atomic E-state index is 11.4. The van der Waals surface area contributed by atoms with Crippen molar-refractivity contribution in [2.24, 2.45) is 5.92 Å². The van der Waals surface area contributed by atoms with E-state index in [1.54, 1.807) is 0 Å². The van der Waals surface area contributed by atoms with Crippen molar-refractivity contribution in [3.8, 4) is 12.3 Å². The van der Waals surface area contributed by atoms with E-state index in [0.29, 0.717) is 12.3 Å². The van der Waals surface area contributed by atoms with Crippen molar-refractivity contribution in [1.82, 2.24) is 5.32 Å². The van der Waals surface area contributed by atoms with Crippen LogP contribution in [0.4, 0.5) is 0 Å². The van der Waals surface area contributed by atoms with Gasteiger partial charge in [-0.15, -0.1) is 12.3 Å². The number of nitrogens with one attached hydrogen (secondary N) is 1. The highest BCUT2D eigenvalue weighted by atomic mass is 16.5. The lowest BCUT2D eigenvalue weighted by atomic mass is 10.1. The first kappa shape index (κ1) is 11.1. The second-order valence-electron chi connectivity index (χ2n) is 3.81. The highest BCUT2D eigenvalue weighted by Gasteiger charge is 2.37. The number of carbonyl (C=O) groups is 1. The Bertz CT molecular complexity index is 240. The van der Waals surface area contributed by atoms with Gasteiger partial charge in [0.25, 0.3) is 0 Å². The van der Waals surface area contributed by atoms with E-state index in [-0.39, 0.29) is 18.1 Å². The third kappa shape index (κ3) is 3.04. The summed E-state index contributed by atoms with van der Waals surface area (Å²) in [4.78, 5) is 11.4. The number of esters is 1. The molecule has 1 aliphatic rings. The summed E-state index contributed by atoms with van der Waals surface area (Å²) < 4.78 is 4.74. The fraction of sp³-hybridized carbons (Fsp3) is 0.727. The van der Waals surface area contributed by atoms with Gasteiger partial charge in [-0.25, -0.2) is 0 Å². The van der Waals surface area contributed by atoms with Crippen LogP contribution in [0.5, 0.6) is 0 Å². The summed E-state index contributed by atoms with van der Waals surface area (Å²) >= 11 is 0. The number of rotatable bonds is 5. The predicted octanol–water partition coefficient (Wildman–Crippen LogP) is 0.939. The molecular weight excluding hydrogens is 178 g/mol. The molecule has 0 bridgehead atoms. The molecule has 0 heterocycles. The minimum Gasteiger partial charge on any atom is -0.468 e. The molecule has 1 N–H and O–H groups in total. The van der Waals surface area contributed by atoms with Gasteiger partial charge in [0.05, 0.1) is 7.11 Å². The van der Waals surface area contributed by atoms with Gasteiger partial charge in [-0.1, -0.05) is 0 Å². The van der Waals surface area contributed by atoms with E-state index in [4.69, 9.17) is 11.2 Å². The molecule has 0 aliphatic heterocycles. The van der Waals surface area contributed by atoms with E-state index in [9.17, 15) is 4.79 Å². The minimum atomic E-state index is -0.170. The Hall–Kier alpha value is -1.01. The van der Waals surface area contributed by atoms with Crippen molar-refractivity contribution < 1.29 is 9.53 Å². The molecule has 0 aromatic carbocycles. The minimum absolute atomic E-state index is 0.164. The first-order valence-corrected chi connectivity index (χ1v) is 4.96. The molecule has 1 aliphatic carbocycles. The predicted molar refractivity (Wildman–Crippen MR) is 54.6 cm³/mol. The molecule has 1 saturated carbocycles. The topological polar surface area (TPSA) is 38.3 Å². The van der Waals surface area contributed by atoms with E-state index < -0.39 is 0 Å². The Kier molecular flexibility index (Phi) is 3.97. The Labute approximate surface area is 85.2 Å². The van der Waals surface area contributed by atoms with Gasteiger partial charge in [0.15, 0.2) is 0 Å². The number of carbonyl (C=O) groups excluding carboxylic acids is 1. The Morgan fingerprint density at radius 1 is 1.71 bits per heavy atom. The van der Waals surface area contributed by atoms with Crippen LogP contribution in [-0.2, 0) is 9.53 Å². The lowest BCUT2D eigenvalue weighted by Crippen LogP contribution is -2.44. The number of hydrogen-bond acceptors (Lipinski definition) is 3. The summed E-state index contributed by atoms with van der Waals surface area (Å²) in [6, 6.07) is 0.00745. The molecule has 2 atom stereocenters. The average Bonchev–Trinajstić information content (AvgIpc) is 2.97. The van der Waals surface area contributed by atoms with Gasteiger partial charge in [-0.05, 0) is 25.7 Å². The van der Waals surface area contributed by atoms with Crippen molar-refractivity contribution in [3.05, 3.63) is 0 Å². The highest BCUT2D eigenvalue weighted by molar-refractivity contribution is 5.76. The average molecular weight is 195 g/mol. The fourth-order valence-electron chi connectivity index (χ4n) is 1.50. The van der Waals surface area contributed by atoms with Gasteiger partial charge in [0, 0.05) is 12.5 Å². The van der Waals surface area contributed by atoms with E-state index in [0.717, 1.165) is 12.8 Å². The molecule has 0 saturated heterocycles. The van der Waals surface area contributed by atoms with Crippen molar-refractivity contribution in [2.45, 2.75) is 38.3 Å². The van der Waals surface area contributed by atoms with E-state index >= 15 is 0 Å². The van der Waals surface area contributed by atoms with E-state index in [2.05, 4.69) is 11.2 Å². The summed E-state index contributed by atoms with van der Waals surface area (Å²) in [5.41, 5.74) is 0. The molecule has 0 spiro atoms. The number of hydrogen-bond donors (Lipinski definition) is 1. The fourth-order valence-corrected chi connectivity index (χ4v) is 1.50. The largest absolute Gasteiger partial charge is 0.468 e. The number of terminal acetylenes is 1. The molecule has 0 aromatic heterocycles. The smallest absolute Gasteiger partial charge is 0.323 e. The van der Waals surface area contributed by atoms with Crippen molar-refractivity contribution in [2.75, 3.05) is 7.11 Å². The molecule has 3 nitrogen and oxygen atoms in total. The van der Waals surface area contributed by atoms with Gasteiger partial charge in [0.1, 0.15) is 6.04 Å². The van der Waals surface area contributed by atoms with Crippen LogP contribution in [0, 0.1) is 18.3 Å². The van der Waals surface area contributed by atoms with Crippen LogP contribution in [-0.4, -0.2) is 25.2 Å². The number of methoxy groups -OCH3 is 1. The van der Waals surface area contributed by atoms with Crippen LogP contribution in [0.25, 0.3) is 0 Å². The van der Waals surface area contributed by atoms with Gasteiger partial charge in [0.2, 0.25) is 0 Å². The number of ether oxygens (including phenoxy) is 1. The van der Waals surface area contributed by atoms with Crippen LogP contribution in [0.2, 0.25) is 0 Å². The van der Waals surface area contributed by atoms with Crippen LogP contribution in [0.3, 0.4) is 0 Å². The maximum atomic E-state index is 11.4. The zero-order valence-corrected chi connectivity index (χ0v) is 8.75. The van der Waals surface area contributed by atoms with Crippen molar-refractivity contribution in [3.63, 3.8) is 0 Å². The first-order valence-electron chi connectivity index (χ1n) is 4.96. The molecule has 3 heteroatoms. The van der Waals surface area contributed by atoms with Crippen LogP contribution in [0.15, 0.2) is 0 Å². The first-order chi connectivity index (χ1) is 6.69. The standard InChI is InChI=1S/C11H17NO2/c1-4-5-8(2)12-10(9-6-7-9)11(13)14-3/h1,8-10,12H,5-7H2,2-3H3. The quantitative estimate of drug-likeness (QED) is 0.524. The highest BCUT2D eigenvalue weighted by Crippen LogP contribution is 2.33. The van der Waals surface area contributed by atoms with Crippen LogP contribution in [0.1, 0.15) is 26.2 Å². The molecule has 0 radical (unpaired) electrons. The summed E-state index contributed by atoms with van der Waals surface area (Å²) in [6.45, 7) is 1.98. The molecule has 0 aromatic rings. The summed E-state index contributed by atoms with van der Waals surface area (Å²) in [6.07, 6.45) is 8.05. The molecule has 78 valence electrons. The second-order valence-corrected chi connectivity index (χ2v) is 3.81. The Morgan fingerprint density at radius 2 is 2.36 bits per heavy atom. The van der Waals surface area contributed by atoms with Gasteiger partial charge < -0.3 is 10.1 Å². The summed E-state index contributed by atoms with van der Waals surface area (Å²) in [5.74, 6) is 2.85. The summed E-state index contributed by atoms with van der Waals surface area (Å²) in [5, 5.41) is 3.21. The molecule has 14 heavy (non-hydrogen) atoms. The molecule has 0 amide bonds. The third-order valence-corrected chi connectivity index (χ3v) is 2.44. The van der Waals surface area contributed by atoms with Gasteiger partial charge >= 0.3 is 5.97 Å². The van der Waals surface area contributed by atoms with Crippen LogP contribution >= 0.6 is 0 Å². The molecule has 2 unspecified atom stereocenters. The lowest BCUT2D eigenvalue weighted by Gasteiger charge is -2.19. The zero-order valence-electron chi connectivity index (χ0n) is 8.75. The SMILES string of the molecule is C#CCC(C)NC(C(=O)OC)C1CC1. The van der Waals surface area contributed by atoms with Crippen molar-refractivity contribution in [1.29, 1.82) is 0 Å². The molecule has 1 rings (SSSR count). The van der Waals surface area contributed by atoms with Crippen molar-refractivity contribution >= 4 is 5.97 Å². The van der Waals surface area contributed by atoms with Gasteiger partial charge in [-0.3, -0.25) is 4.79 Å². The lowest BCUT2D eigenvalue weighted by molar-refractivity contribution is -0.143. The Morgan fingerprint density at radius 3 is 2.79 bits per heavy atom. The zero-order chi connectivity index (χ0) is 10.6. The summed E-state index contributed by atoms with van der Waals surface area (Å²) in [7, 11) is 1.42. The van der Waals surface area contributed by atoms with E-state index in [1.807, 2.05) is 6.92 Å². The van der Waals surface area contributed by atoms with Gasteiger partial charge in [-0.2, -0.15) is 0 Å². The van der Waals surface area contributed by atoms with Crippen LogP contribution < -0.4 is 5.32 Å². The molecular formula is C11H17NO2. The molecule has 1 fully saturated rings.